The minimum absolute atomic E-state index is 0.0214. The summed E-state index contributed by atoms with van der Waals surface area (Å²) in [6.45, 7) is 7.06. The molecule has 0 heterocycles. The van der Waals surface area contributed by atoms with Crippen molar-refractivity contribution in [2.24, 2.45) is 0 Å². The summed E-state index contributed by atoms with van der Waals surface area (Å²) in [5, 5.41) is 0. The molecule has 0 N–H and O–H groups in total. The molecule has 1 unspecified atom stereocenters. The van der Waals surface area contributed by atoms with E-state index in [-0.39, 0.29) is 21.8 Å². The van der Waals surface area contributed by atoms with Gasteiger partial charge in [-0.25, -0.2) is 4.79 Å². The summed E-state index contributed by atoms with van der Waals surface area (Å²) in [6.07, 6.45) is 0.867. The van der Waals surface area contributed by atoms with Crippen LogP contribution in [0.3, 0.4) is 0 Å². The van der Waals surface area contributed by atoms with E-state index in [1.807, 2.05) is 6.92 Å². The molecule has 0 saturated heterocycles. The first-order valence-electron chi connectivity index (χ1n) is 4.43. The molecule has 0 aliphatic rings. The molecule has 0 aliphatic carbocycles. The lowest BCUT2D eigenvalue weighted by Gasteiger charge is -2.12. The Morgan fingerprint density at radius 2 is 2.23 bits per heavy atom. The van der Waals surface area contributed by atoms with Crippen molar-refractivity contribution in [2.45, 2.75) is 32.4 Å². The number of hydrogen-bond acceptors (Lipinski definition) is 3. The van der Waals surface area contributed by atoms with Gasteiger partial charge in [0.1, 0.15) is 0 Å². The maximum absolute atomic E-state index is 11.0. The summed E-state index contributed by atoms with van der Waals surface area (Å²) in [4.78, 5) is 11.0. The van der Waals surface area contributed by atoms with Crippen LogP contribution in [0.15, 0.2) is 12.2 Å². The van der Waals surface area contributed by atoms with Crippen LogP contribution in [0.2, 0.25) is 6.04 Å². The molecule has 0 saturated carbocycles. The minimum atomic E-state index is -0.388. The third kappa shape index (κ3) is 6.54. The summed E-state index contributed by atoms with van der Waals surface area (Å²) in [5.74, 6) is -0.299. The van der Waals surface area contributed by atoms with Crippen molar-refractivity contribution in [3.8, 4) is 0 Å². The van der Waals surface area contributed by atoms with Crippen LogP contribution in [0.5, 0.6) is 0 Å². The van der Waals surface area contributed by atoms with Gasteiger partial charge in [-0.2, -0.15) is 0 Å². The largest absolute Gasteiger partial charge is 0.459 e. The summed E-state index contributed by atoms with van der Waals surface area (Å²) in [7, 11) is 1.33. The molecule has 13 heavy (non-hydrogen) atoms. The molecule has 0 fully saturated rings. The Balaban J connectivity index is 3.55. The van der Waals surface area contributed by atoms with E-state index in [1.165, 1.54) is 0 Å². The predicted molar refractivity (Wildman–Crippen MR) is 55.3 cm³/mol. The fraction of sp³-hybridized carbons (Fsp3) is 0.667. The van der Waals surface area contributed by atoms with E-state index in [0.717, 1.165) is 12.5 Å². The zero-order valence-electron chi connectivity index (χ0n) is 8.63. The van der Waals surface area contributed by atoms with E-state index in [0.29, 0.717) is 5.57 Å². The summed E-state index contributed by atoms with van der Waals surface area (Å²) in [5.41, 5.74) is 0.454. The topological polar surface area (TPSA) is 35.5 Å². The van der Waals surface area contributed by atoms with E-state index in [2.05, 4.69) is 6.58 Å². The Hall–Kier alpha value is -0.613. The molecule has 0 bridgehead atoms. The van der Waals surface area contributed by atoms with Crippen LogP contribution in [-0.2, 0) is 14.0 Å². The van der Waals surface area contributed by atoms with Gasteiger partial charge in [-0.3, -0.25) is 0 Å². The van der Waals surface area contributed by atoms with Gasteiger partial charge in [0.2, 0.25) is 0 Å². The van der Waals surface area contributed by atoms with Gasteiger partial charge in [-0.15, -0.1) is 0 Å². The van der Waals surface area contributed by atoms with Crippen molar-refractivity contribution in [1.29, 1.82) is 0 Å². The van der Waals surface area contributed by atoms with Gasteiger partial charge in [-0.1, -0.05) is 6.58 Å². The van der Waals surface area contributed by atoms with E-state index < -0.39 is 0 Å². The van der Waals surface area contributed by atoms with Crippen molar-refractivity contribution in [1.82, 2.24) is 0 Å². The lowest BCUT2D eigenvalue weighted by atomic mass is 10.3. The molecule has 0 aliphatic heterocycles. The molecular weight excluding hydrogens is 184 g/mol. The molecule has 1 atom stereocenters. The van der Waals surface area contributed by atoms with Crippen molar-refractivity contribution < 1.29 is 14.0 Å². The SMILES string of the molecule is C=C(C)C(=O)OC(C)CC[SiH2]OC. The zero-order chi connectivity index (χ0) is 10.3. The number of hydrogen-bond donors (Lipinski definition) is 0. The summed E-state index contributed by atoms with van der Waals surface area (Å²) < 4.78 is 10.1. The predicted octanol–water partition coefficient (Wildman–Crippen LogP) is 1.03. The van der Waals surface area contributed by atoms with Crippen LogP contribution in [0.4, 0.5) is 0 Å². The summed E-state index contributed by atoms with van der Waals surface area (Å²) in [6, 6.07) is 1.04. The molecule has 0 rings (SSSR count). The van der Waals surface area contributed by atoms with Crippen LogP contribution in [0.25, 0.3) is 0 Å². The molecule has 0 aromatic rings. The second-order valence-corrected chi connectivity index (χ2v) is 4.82. The third-order valence-corrected chi connectivity index (χ3v) is 2.72. The first-order valence-corrected chi connectivity index (χ1v) is 6.01. The highest BCUT2D eigenvalue weighted by atomic mass is 28.2. The van der Waals surface area contributed by atoms with Gasteiger partial charge in [0.15, 0.2) is 9.76 Å². The molecule has 0 aromatic heterocycles. The Labute approximate surface area is 82.1 Å². The lowest BCUT2D eigenvalue weighted by molar-refractivity contribution is -0.143. The quantitative estimate of drug-likeness (QED) is 0.279. The normalized spacial score (nSPS) is 13.2. The Morgan fingerprint density at radius 3 is 2.69 bits per heavy atom. The maximum atomic E-state index is 11.0. The Bertz CT molecular complexity index is 180. The molecule has 4 heteroatoms. The van der Waals surface area contributed by atoms with Crippen molar-refractivity contribution in [3.63, 3.8) is 0 Å². The fourth-order valence-corrected chi connectivity index (χ4v) is 1.89. The number of ether oxygens (including phenoxy) is 1. The van der Waals surface area contributed by atoms with Gasteiger partial charge >= 0.3 is 5.97 Å². The molecule has 0 radical (unpaired) electrons. The van der Waals surface area contributed by atoms with Gasteiger partial charge in [0, 0.05) is 12.7 Å². The second kappa shape index (κ2) is 6.86. The van der Waals surface area contributed by atoms with Crippen LogP contribution >= 0.6 is 0 Å². The third-order valence-electron chi connectivity index (χ3n) is 1.62. The zero-order valence-corrected chi connectivity index (χ0v) is 10.0. The average molecular weight is 202 g/mol. The van der Waals surface area contributed by atoms with E-state index in [4.69, 9.17) is 9.16 Å². The first-order chi connectivity index (χ1) is 6.07. The van der Waals surface area contributed by atoms with Crippen LogP contribution < -0.4 is 0 Å². The smallest absolute Gasteiger partial charge is 0.333 e. The second-order valence-electron chi connectivity index (χ2n) is 3.13. The highest BCUT2D eigenvalue weighted by Crippen LogP contribution is 2.04. The Morgan fingerprint density at radius 1 is 1.62 bits per heavy atom. The van der Waals surface area contributed by atoms with Gasteiger partial charge < -0.3 is 9.16 Å². The van der Waals surface area contributed by atoms with Crippen LogP contribution in [-0.4, -0.2) is 28.9 Å². The highest BCUT2D eigenvalue weighted by molar-refractivity contribution is 6.26. The first kappa shape index (κ1) is 12.4. The molecular formula is C9H18O3Si. The number of carbonyl (C=O) groups is 1. The maximum Gasteiger partial charge on any atom is 0.333 e. The van der Waals surface area contributed by atoms with E-state index >= 15 is 0 Å². The van der Waals surface area contributed by atoms with Crippen molar-refractivity contribution in [3.05, 3.63) is 12.2 Å². The van der Waals surface area contributed by atoms with Gasteiger partial charge in [0.05, 0.1) is 6.10 Å². The molecule has 0 amide bonds. The van der Waals surface area contributed by atoms with Crippen LogP contribution in [0.1, 0.15) is 20.3 Å². The van der Waals surface area contributed by atoms with Crippen molar-refractivity contribution in [2.75, 3.05) is 7.11 Å². The molecule has 0 aromatic carbocycles. The highest BCUT2D eigenvalue weighted by Gasteiger charge is 2.09. The molecule has 76 valence electrons. The van der Waals surface area contributed by atoms with E-state index in [9.17, 15) is 4.79 Å². The number of esters is 1. The standard InChI is InChI=1S/C9H18O3Si/c1-7(2)9(10)12-8(3)5-6-13-11-4/h8H,1,5-6,13H2,2-4H3. The monoisotopic (exact) mass is 202 g/mol. The van der Waals surface area contributed by atoms with Gasteiger partial charge in [-0.05, 0) is 26.3 Å². The minimum Gasteiger partial charge on any atom is -0.459 e. The molecule has 3 nitrogen and oxygen atoms in total. The average Bonchev–Trinajstić information content (AvgIpc) is 2.04. The molecule has 0 spiro atoms. The Kier molecular flexibility index (Phi) is 6.53. The summed E-state index contributed by atoms with van der Waals surface area (Å²) >= 11 is 0. The fourth-order valence-electron chi connectivity index (χ4n) is 0.857. The van der Waals surface area contributed by atoms with E-state index in [1.54, 1.807) is 14.0 Å². The number of rotatable bonds is 6. The number of carbonyl (C=O) groups excluding carboxylic acids is 1. The van der Waals surface area contributed by atoms with Crippen molar-refractivity contribution >= 4 is 15.7 Å². The lowest BCUT2D eigenvalue weighted by Crippen LogP contribution is -2.15. The van der Waals surface area contributed by atoms with Crippen LogP contribution in [0, 0.1) is 0 Å². The van der Waals surface area contributed by atoms with Gasteiger partial charge in [0.25, 0.3) is 0 Å².